The molecular formula is C12H10FN3S. The number of rotatable bonds is 3. The SMILES string of the molecule is CC(Nc1ccc(F)cc1C#N)c1cncs1. The van der Waals surface area contributed by atoms with Crippen LogP contribution in [0.4, 0.5) is 10.1 Å². The molecule has 0 radical (unpaired) electrons. The molecule has 0 saturated carbocycles. The molecule has 3 nitrogen and oxygen atoms in total. The van der Waals surface area contributed by atoms with Gasteiger partial charge in [-0.25, -0.2) is 4.39 Å². The average Bonchev–Trinajstić information content (AvgIpc) is 2.85. The quantitative estimate of drug-likeness (QED) is 0.905. The minimum Gasteiger partial charge on any atom is -0.377 e. The van der Waals surface area contributed by atoms with Crippen LogP contribution in [0.25, 0.3) is 0 Å². The molecule has 0 aliphatic heterocycles. The molecule has 2 aromatic rings. The first-order chi connectivity index (χ1) is 8.20. The smallest absolute Gasteiger partial charge is 0.124 e. The molecule has 0 bridgehead atoms. The van der Waals surface area contributed by atoms with Crippen LogP contribution in [0.15, 0.2) is 29.9 Å². The maximum absolute atomic E-state index is 13.0. The molecule has 0 aliphatic carbocycles. The van der Waals surface area contributed by atoms with Gasteiger partial charge in [0.05, 0.1) is 22.8 Å². The zero-order valence-electron chi connectivity index (χ0n) is 9.14. The van der Waals surface area contributed by atoms with Crippen molar-refractivity contribution in [1.82, 2.24) is 4.98 Å². The molecule has 0 amide bonds. The number of halogens is 1. The fraction of sp³-hybridized carbons (Fsp3) is 0.167. The van der Waals surface area contributed by atoms with Gasteiger partial charge < -0.3 is 5.32 Å². The van der Waals surface area contributed by atoms with Crippen LogP contribution < -0.4 is 5.32 Å². The highest BCUT2D eigenvalue weighted by atomic mass is 32.1. The third-order valence-corrected chi connectivity index (χ3v) is 3.31. The minimum atomic E-state index is -0.405. The Kier molecular flexibility index (Phi) is 3.35. The van der Waals surface area contributed by atoms with E-state index in [9.17, 15) is 4.39 Å². The Morgan fingerprint density at radius 1 is 1.53 bits per heavy atom. The fourth-order valence-corrected chi connectivity index (χ4v) is 2.11. The van der Waals surface area contributed by atoms with E-state index in [0.29, 0.717) is 11.3 Å². The van der Waals surface area contributed by atoms with Gasteiger partial charge in [0.15, 0.2) is 0 Å². The van der Waals surface area contributed by atoms with Crippen LogP contribution in [-0.2, 0) is 0 Å². The molecule has 86 valence electrons. The van der Waals surface area contributed by atoms with E-state index in [-0.39, 0.29) is 6.04 Å². The van der Waals surface area contributed by atoms with Crippen molar-refractivity contribution in [2.75, 3.05) is 5.32 Å². The number of anilines is 1. The summed E-state index contributed by atoms with van der Waals surface area (Å²) in [6.45, 7) is 1.97. The van der Waals surface area contributed by atoms with Gasteiger partial charge in [0.25, 0.3) is 0 Å². The summed E-state index contributed by atoms with van der Waals surface area (Å²) in [5.41, 5.74) is 2.69. The monoisotopic (exact) mass is 247 g/mol. The highest BCUT2D eigenvalue weighted by molar-refractivity contribution is 7.09. The summed E-state index contributed by atoms with van der Waals surface area (Å²) in [6, 6.07) is 6.15. The summed E-state index contributed by atoms with van der Waals surface area (Å²) in [5, 5.41) is 12.1. The molecule has 1 N–H and O–H groups in total. The molecular weight excluding hydrogens is 237 g/mol. The van der Waals surface area contributed by atoms with E-state index in [1.54, 1.807) is 17.8 Å². The molecule has 0 saturated heterocycles. The maximum Gasteiger partial charge on any atom is 0.124 e. The van der Waals surface area contributed by atoms with Crippen LogP contribution in [0.1, 0.15) is 23.4 Å². The van der Waals surface area contributed by atoms with Crippen LogP contribution >= 0.6 is 11.3 Å². The minimum absolute atomic E-state index is 0.0417. The molecule has 0 spiro atoms. The Labute approximate surface area is 103 Å². The second-order valence-corrected chi connectivity index (χ2v) is 4.49. The van der Waals surface area contributed by atoms with Gasteiger partial charge in [-0.1, -0.05) is 0 Å². The summed E-state index contributed by atoms with van der Waals surface area (Å²) in [7, 11) is 0. The fourth-order valence-electron chi connectivity index (χ4n) is 1.48. The van der Waals surface area contributed by atoms with Crippen molar-refractivity contribution in [3.63, 3.8) is 0 Å². The number of hydrogen-bond acceptors (Lipinski definition) is 4. The Balaban J connectivity index is 2.22. The molecule has 1 unspecified atom stereocenters. The molecule has 0 aliphatic rings. The summed E-state index contributed by atoms with van der Waals surface area (Å²) in [6.07, 6.45) is 1.78. The zero-order chi connectivity index (χ0) is 12.3. The van der Waals surface area contributed by atoms with Crippen LogP contribution in [0, 0.1) is 17.1 Å². The van der Waals surface area contributed by atoms with Crippen molar-refractivity contribution < 1.29 is 4.39 Å². The molecule has 2 rings (SSSR count). The number of hydrogen-bond donors (Lipinski definition) is 1. The Morgan fingerprint density at radius 2 is 2.35 bits per heavy atom. The number of benzene rings is 1. The van der Waals surface area contributed by atoms with Gasteiger partial charge in [-0.3, -0.25) is 4.98 Å². The van der Waals surface area contributed by atoms with Crippen molar-refractivity contribution in [2.45, 2.75) is 13.0 Å². The summed E-state index contributed by atoms with van der Waals surface area (Å²) in [4.78, 5) is 5.06. The van der Waals surface area contributed by atoms with E-state index in [0.717, 1.165) is 4.88 Å². The van der Waals surface area contributed by atoms with Gasteiger partial charge in [0.1, 0.15) is 11.9 Å². The Morgan fingerprint density at radius 3 is 3.00 bits per heavy atom. The van der Waals surface area contributed by atoms with Crippen LogP contribution in [0.2, 0.25) is 0 Å². The summed E-state index contributed by atoms with van der Waals surface area (Å²) < 4.78 is 13.0. The van der Waals surface area contributed by atoms with E-state index in [4.69, 9.17) is 5.26 Å². The molecule has 0 fully saturated rings. The highest BCUT2D eigenvalue weighted by Gasteiger charge is 2.10. The lowest BCUT2D eigenvalue weighted by Gasteiger charge is -2.14. The van der Waals surface area contributed by atoms with Crippen molar-refractivity contribution in [2.24, 2.45) is 0 Å². The summed E-state index contributed by atoms with van der Waals surface area (Å²) in [5.74, 6) is -0.405. The second-order valence-electron chi connectivity index (χ2n) is 3.57. The molecule has 1 aromatic heterocycles. The van der Waals surface area contributed by atoms with Gasteiger partial charge in [0.2, 0.25) is 0 Å². The third kappa shape index (κ3) is 2.60. The Bertz CT molecular complexity index is 545. The average molecular weight is 247 g/mol. The maximum atomic E-state index is 13.0. The van der Waals surface area contributed by atoms with E-state index in [1.165, 1.54) is 23.5 Å². The number of aromatic nitrogens is 1. The third-order valence-electron chi connectivity index (χ3n) is 2.35. The van der Waals surface area contributed by atoms with Crippen LogP contribution in [0.5, 0.6) is 0 Å². The van der Waals surface area contributed by atoms with Crippen molar-refractivity contribution in [1.29, 1.82) is 5.26 Å². The van der Waals surface area contributed by atoms with Gasteiger partial charge in [-0.2, -0.15) is 5.26 Å². The molecule has 1 heterocycles. The van der Waals surface area contributed by atoms with Gasteiger partial charge >= 0.3 is 0 Å². The second kappa shape index (κ2) is 4.93. The summed E-state index contributed by atoms with van der Waals surface area (Å²) >= 11 is 1.54. The lowest BCUT2D eigenvalue weighted by molar-refractivity contribution is 0.627. The van der Waals surface area contributed by atoms with E-state index in [2.05, 4.69) is 10.3 Å². The van der Waals surface area contributed by atoms with Gasteiger partial charge in [-0.15, -0.1) is 11.3 Å². The number of nitriles is 1. The first-order valence-electron chi connectivity index (χ1n) is 5.05. The van der Waals surface area contributed by atoms with E-state index in [1.807, 2.05) is 13.0 Å². The first kappa shape index (κ1) is 11.6. The zero-order valence-corrected chi connectivity index (χ0v) is 9.96. The number of nitrogens with one attached hydrogen (secondary N) is 1. The number of nitrogens with zero attached hydrogens (tertiary/aromatic N) is 2. The predicted octanol–water partition coefficient (Wildman–Crippen LogP) is 3.33. The van der Waals surface area contributed by atoms with Crippen molar-refractivity contribution >= 4 is 17.0 Å². The van der Waals surface area contributed by atoms with E-state index >= 15 is 0 Å². The number of thiazole rings is 1. The van der Waals surface area contributed by atoms with Crippen LogP contribution in [-0.4, -0.2) is 4.98 Å². The molecule has 17 heavy (non-hydrogen) atoms. The van der Waals surface area contributed by atoms with E-state index < -0.39 is 5.82 Å². The standard InChI is InChI=1S/C12H10FN3S/c1-8(12-6-15-7-17-12)16-11-3-2-10(13)4-9(11)5-14/h2-4,6-8,16H,1H3. The van der Waals surface area contributed by atoms with Crippen LogP contribution in [0.3, 0.4) is 0 Å². The van der Waals surface area contributed by atoms with Gasteiger partial charge in [-0.05, 0) is 25.1 Å². The normalized spacial score (nSPS) is 11.8. The molecule has 1 aromatic carbocycles. The Hall–Kier alpha value is -1.93. The topological polar surface area (TPSA) is 48.7 Å². The first-order valence-corrected chi connectivity index (χ1v) is 5.93. The molecule has 1 atom stereocenters. The van der Waals surface area contributed by atoms with Crippen molar-refractivity contribution in [3.8, 4) is 6.07 Å². The largest absolute Gasteiger partial charge is 0.377 e. The highest BCUT2D eigenvalue weighted by Crippen LogP contribution is 2.24. The lowest BCUT2D eigenvalue weighted by Crippen LogP contribution is -2.06. The lowest BCUT2D eigenvalue weighted by atomic mass is 10.1. The van der Waals surface area contributed by atoms with Crippen molar-refractivity contribution in [3.05, 3.63) is 46.2 Å². The molecule has 5 heteroatoms. The predicted molar refractivity (Wildman–Crippen MR) is 65.3 cm³/mol. The van der Waals surface area contributed by atoms with Gasteiger partial charge in [0, 0.05) is 11.1 Å².